The van der Waals surface area contributed by atoms with Crippen LogP contribution in [0.2, 0.25) is 0 Å². The highest BCUT2D eigenvalue weighted by Gasteiger charge is 2.19. The Labute approximate surface area is 149 Å². The van der Waals surface area contributed by atoms with E-state index in [1.165, 1.54) is 24.3 Å². The Kier molecular flexibility index (Phi) is 4.85. The first-order valence-electron chi connectivity index (χ1n) is 7.71. The van der Waals surface area contributed by atoms with Crippen LogP contribution in [0.5, 0.6) is 17.2 Å². The molecule has 3 aromatic carbocycles. The summed E-state index contributed by atoms with van der Waals surface area (Å²) in [5, 5.41) is 9.23. The van der Waals surface area contributed by atoms with Crippen LogP contribution < -0.4 is 15.2 Å². The lowest BCUT2D eigenvalue weighted by Crippen LogP contribution is -2.13. The molecule has 0 unspecified atom stereocenters. The highest BCUT2D eigenvalue weighted by molar-refractivity contribution is 5.97. The van der Waals surface area contributed by atoms with E-state index in [0.717, 1.165) is 0 Å². The molecule has 0 atom stereocenters. The van der Waals surface area contributed by atoms with Crippen LogP contribution in [-0.4, -0.2) is 17.0 Å². The van der Waals surface area contributed by atoms with Gasteiger partial charge in [-0.15, -0.1) is 0 Å². The van der Waals surface area contributed by atoms with Crippen LogP contribution in [0.25, 0.3) is 0 Å². The zero-order chi connectivity index (χ0) is 18.5. The molecule has 3 aromatic rings. The molecule has 130 valence electrons. The second-order valence-electron chi connectivity index (χ2n) is 5.36. The van der Waals surface area contributed by atoms with Crippen molar-refractivity contribution in [2.75, 3.05) is 5.73 Å². The van der Waals surface area contributed by atoms with Gasteiger partial charge in [0.05, 0.1) is 0 Å². The maximum Gasteiger partial charge on any atom is 0.347 e. The first kappa shape index (κ1) is 17.0. The average Bonchev–Trinajstić information content (AvgIpc) is 2.63. The smallest absolute Gasteiger partial charge is 0.347 e. The van der Waals surface area contributed by atoms with Crippen LogP contribution in [0.1, 0.15) is 20.7 Å². The van der Waals surface area contributed by atoms with E-state index in [1.807, 2.05) is 18.2 Å². The summed E-state index contributed by atoms with van der Waals surface area (Å²) >= 11 is 0. The Morgan fingerprint density at radius 2 is 1.50 bits per heavy atom. The minimum Gasteiger partial charge on any atom is -0.478 e. The molecule has 26 heavy (non-hydrogen) atoms. The summed E-state index contributed by atoms with van der Waals surface area (Å²) in [6.45, 7) is 0. The van der Waals surface area contributed by atoms with Crippen LogP contribution in [0.3, 0.4) is 0 Å². The number of hydrogen-bond acceptors (Lipinski definition) is 5. The van der Waals surface area contributed by atoms with Crippen LogP contribution in [0, 0.1) is 0 Å². The molecule has 6 nitrogen and oxygen atoms in total. The lowest BCUT2D eigenvalue weighted by Gasteiger charge is -2.12. The predicted octanol–water partition coefficient (Wildman–Crippen LogP) is 3.98. The van der Waals surface area contributed by atoms with E-state index in [1.54, 1.807) is 30.3 Å². The third-order valence-corrected chi connectivity index (χ3v) is 3.52. The number of carboxylic acids is 1. The molecule has 0 bridgehead atoms. The van der Waals surface area contributed by atoms with E-state index in [9.17, 15) is 14.7 Å². The Balaban J connectivity index is 1.90. The van der Waals surface area contributed by atoms with Crippen LogP contribution in [-0.2, 0) is 0 Å². The third-order valence-electron chi connectivity index (χ3n) is 3.52. The molecule has 0 heterocycles. The number of carbonyl (C=O) groups is 2. The molecular formula is C20H15NO5. The van der Waals surface area contributed by atoms with Gasteiger partial charge in [0.1, 0.15) is 28.4 Å². The van der Waals surface area contributed by atoms with Gasteiger partial charge in [-0.05, 0) is 36.4 Å². The summed E-state index contributed by atoms with van der Waals surface area (Å²) in [4.78, 5) is 23.9. The van der Waals surface area contributed by atoms with Crippen molar-refractivity contribution in [3.05, 3.63) is 83.9 Å². The molecule has 0 saturated heterocycles. The number of anilines is 1. The number of esters is 1. The molecule has 0 aliphatic heterocycles. The summed E-state index contributed by atoms with van der Waals surface area (Å²) < 4.78 is 11.0. The summed E-state index contributed by atoms with van der Waals surface area (Å²) in [6.07, 6.45) is 0. The van der Waals surface area contributed by atoms with E-state index in [-0.39, 0.29) is 22.6 Å². The standard InChI is InChI=1S/C20H15NO5/c21-13-10-11-15(19(22)23)18(12-13)26-20(24)16-8-4-5-9-17(16)25-14-6-2-1-3-7-14/h1-12H,21H2,(H,22,23). The number of rotatable bonds is 5. The first-order valence-corrected chi connectivity index (χ1v) is 7.71. The number of aromatic carboxylic acids is 1. The zero-order valence-corrected chi connectivity index (χ0v) is 13.6. The predicted molar refractivity (Wildman–Crippen MR) is 95.7 cm³/mol. The average molecular weight is 349 g/mol. The molecule has 3 rings (SSSR count). The van der Waals surface area contributed by atoms with Crippen molar-refractivity contribution in [3.8, 4) is 17.2 Å². The molecule has 0 amide bonds. The molecule has 0 radical (unpaired) electrons. The van der Waals surface area contributed by atoms with Gasteiger partial charge in [-0.1, -0.05) is 30.3 Å². The quantitative estimate of drug-likeness (QED) is 0.411. The van der Waals surface area contributed by atoms with Crippen molar-refractivity contribution in [2.45, 2.75) is 0 Å². The SMILES string of the molecule is Nc1ccc(C(=O)O)c(OC(=O)c2ccccc2Oc2ccccc2)c1. The molecule has 3 N–H and O–H groups in total. The molecule has 6 heteroatoms. The van der Waals surface area contributed by atoms with Gasteiger partial charge >= 0.3 is 11.9 Å². The largest absolute Gasteiger partial charge is 0.478 e. The van der Waals surface area contributed by atoms with Gasteiger partial charge in [0.25, 0.3) is 0 Å². The third kappa shape index (κ3) is 3.81. The topological polar surface area (TPSA) is 98.9 Å². The second-order valence-corrected chi connectivity index (χ2v) is 5.36. The lowest BCUT2D eigenvalue weighted by molar-refractivity contribution is 0.0681. The first-order chi connectivity index (χ1) is 12.5. The maximum absolute atomic E-state index is 12.6. The number of carboxylic acid groups (broad SMARTS) is 1. The van der Waals surface area contributed by atoms with Crippen LogP contribution in [0.15, 0.2) is 72.8 Å². The second kappa shape index (κ2) is 7.40. The van der Waals surface area contributed by atoms with Crippen molar-refractivity contribution >= 4 is 17.6 Å². The van der Waals surface area contributed by atoms with Crippen molar-refractivity contribution in [3.63, 3.8) is 0 Å². The Bertz CT molecular complexity index is 953. The number of benzene rings is 3. The Morgan fingerprint density at radius 3 is 2.23 bits per heavy atom. The molecule has 0 aliphatic carbocycles. The molecule has 0 spiro atoms. The highest BCUT2D eigenvalue weighted by atomic mass is 16.5. The van der Waals surface area contributed by atoms with E-state index < -0.39 is 11.9 Å². The van der Waals surface area contributed by atoms with E-state index in [2.05, 4.69) is 0 Å². The van der Waals surface area contributed by atoms with Gasteiger partial charge in [0.2, 0.25) is 0 Å². The number of hydrogen-bond donors (Lipinski definition) is 2. The van der Waals surface area contributed by atoms with Crippen molar-refractivity contribution in [1.29, 1.82) is 0 Å². The van der Waals surface area contributed by atoms with Crippen LogP contribution >= 0.6 is 0 Å². The minimum absolute atomic E-state index is 0.128. The van der Waals surface area contributed by atoms with Gasteiger partial charge in [0, 0.05) is 11.8 Å². The van der Waals surface area contributed by atoms with E-state index in [0.29, 0.717) is 11.5 Å². The number of para-hydroxylation sites is 2. The lowest BCUT2D eigenvalue weighted by atomic mass is 10.1. The van der Waals surface area contributed by atoms with E-state index in [4.69, 9.17) is 15.2 Å². The van der Waals surface area contributed by atoms with Gasteiger partial charge in [-0.25, -0.2) is 9.59 Å². The van der Waals surface area contributed by atoms with Crippen molar-refractivity contribution in [2.24, 2.45) is 0 Å². The normalized spacial score (nSPS) is 10.2. The monoisotopic (exact) mass is 349 g/mol. The van der Waals surface area contributed by atoms with Gasteiger partial charge in [-0.2, -0.15) is 0 Å². The fraction of sp³-hybridized carbons (Fsp3) is 0. The summed E-state index contributed by atoms with van der Waals surface area (Å²) in [5.74, 6) is -1.24. The minimum atomic E-state index is -1.22. The number of nitrogens with two attached hydrogens (primary N) is 1. The highest BCUT2D eigenvalue weighted by Crippen LogP contribution is 2.28. The maximum atomic E-state index is 12.6. The molecule has 0 saturated carbocycles. The fourth-order valence-electron chi connectivity index (χ4n) is 2.29. The van der Waals surface area contributed by atoms with Crippen molar-refractivity contribution < 1.29 is 24.2 Å². The summed E-state index contributed by atoms with van der Waals surface area (Å²) in [6, 6.07) is 19.5. The van der Waals surface area contributed by atoms with Crippen LogP contribution in [0.4, 0.5) is 5.69 Å². The number of carbonyl (C=O) groups excluding carboxylic acids is 1. The van der Waals surface area contributed by atoms with Gasteiger partial charge < -0.3 is 20.3 Å². The van der Waals surface area contributed by atoms with Gasteiger partial charge in [-0.3, -0.25) is 0 Å². The fourth-order valence-corrected chi connectivity index (χ4v) is 2.29. The molecule has 0 aromatic heterocycles. The molecule has 0 aliphatic rings. The van der Waals surface area contributed by atoms with Crippen molar-refractivity contribution in [1.82, 2.24) is 0 Å². The molecule has 0 fully saturated rings. The zero-order valence-electron chi connectivity index (χ0n) is 13.6. The van der Waals surface area contributed by atoms with Gasteiger partial charge in [0.15, 0.2) is 0 Å². The Hall–Kier alpha value is -3.80. The number of ether oxygens (including phenoxy) is 2. The number of nitrogen functional groups attached to an aromatic ring is 1. The summed E-state index contributed by atoms with van der Waals surface area (Å²) in [5.41, 5.74) is 5.95. The van der Waals surface area contributed by atoms with E-state index >= 15 is 0 Å². The molecular weight excluding hydrogens is 334 g/mol. The summed E-state index contributed by atoms with van der Waals surface area (Å²) in [7, 11) is 0. The Morgan fingerprint density at radius 1 is 0.808 bits per heavy atom.